The van der Waals surface area contributed by atoms with Crippen LogP contribution in [0.4, 0.5) is 4.39 Å². The summed E-state index contributed by atoms with van der Waals surface area (Å²) in [6.07, 6.45) is -0.157. The summed E-state index contributed by atoms with van der Waals surface area (Å²) >= 11 is 1.28. The minimum Gasteiger partial charge on any atom is -0.374 e. The molecule has 0 unspecified atom stereocenters. The average molecular weight is 363 g/mol. The van der Waals surface area contributed by atoms with Crippen molar-refractivity contribution in [2.24, 2.45) is 5.73 Å². The number of primary amides is 1. The molecule has 6 nitrogen and oxygen atoms in total. The van der Waals surface area contributed by atoms with Crippen molar-refractivity contribution in [2.45, 2.75) is 25.5 Å². The number of nitrogens with two attached hydrogens (primary N) is 1. The molecule has 0 aliphatic carbocycles. The van der Waals surface area contributed by atoms with Crippen LogP contribution in [0.25, 0.3) is 0 Å². The molecule has 2 aromatic rings. The summed E-state index contributed by atoms with van der Waals surface area (Å²) in [6.45, 7) is 2.32. The van der Waals surface area contributed by atoms with Crippen molar-refractivity contribution < 1.29 is 18.7 Å². The summed E-state index contributed by atoms with van der Waals surface area (Å²) < 4.78 is 19.2. The second-order valence-electron chi connectivity index (χ2n) is 5.82. The molecule has 0 saturated carbocycles. The van der Waals surface area contributed by atoms with Crippen LogP contribution in [0.2, 0.25) is 0 Å². The van der Waals surface area contributed by atoms with Gasteiger partial charge in [0.2, 0.25) is 5.91 Å². The van der Waals surface area contributed by atoms with Gasteiger partial charge >= 0.3 is 0 Å². The van der Waals surface area contributed by atoms with Crippen LogP contribution in [-0.2, 0) is 16.0 Å². The van der Waals surface area contributed by atoms with E-state index in [2.05, 4.69) is 4.98 Å². The first-order valence-corrected chi connectivity index (χ1v) is 8.75. The first kappa shape index (κ1) is 17.5. The fourth-order valence-corrected chi connectivity index (χ4v) is 3.67. The Morgan fingerprint density at radius 3 is 2.92 bits per heavy atom. The highest BCUT2D eigenvalue weighted by atomic mass is 32.1. The summed E-state index contributed by atoms with van der Waals surface area (Å²) in [5, 5.41) is 2.25. The van der Waals surface area contributed by atoms with Gasteiger partial charge in [-0.2, -0.15) is 0 Å². The molecule has 1 aliphatic heterocycles. The highest BCUT2D eigenvalue weighted by Crippen LogP contribution is 2.21. The first-order chi connectivity index (χ1) is 12.0. The monoisotopic (exact) mass is 363 g/mol. The summed E-state index contributed by atoms with van der Waals surface area (Å²) in [4.78, 5) is 30.1. The zero-order chi connectivity index (χ0) is 18.0. The Morgan fingerprint density at radius 2 is 2.20 bits per heavy atom. The van der Waals surface area contributed by atoms with Crippen LogP contribution < -0.4 is 5.73 Å². The van der Waals surface area contributed by atoms with E-state index in [-0.39, 0.29) is 24.0 Å². The van der Waals surface area contributed by atoms with E-state index in [1.807, 2.05) is 0 Å². The molecule has 1 fully saturated rings. The van der Waals surface area contributed by atoms with Gasteiger partial charge in [-0.3, -0.25) is 9.59 Å². The Balaban J connectivity index is 1.78. The number of rotatable bonds is 4. The van der Waals surface area contributed by atoms with Gasteiger partial charge in [0, 0.05) is 18.3 Å². The molecule has 0 radical (unpaired) electrons. The van der Waals surface area contributed by atoms with Crippen LogP contribution in [0.3, 0.4) is 0 Å². The number of morpholine rings is 1. The van der Waals surface area contributed by atoms with Crippen molar-refractivity contribution in [2.75, 3.05) is 13.2 Å². The number of ether oxygens (including phenoxy) is 1. The van der Waals surface area contributed by atoms with Gasteiger partial charge < -0.3 is 15.4 Å². The zero-order valence-electron chi connectivity index (χ0n) is 13.6. The number of carbonyl (C=O) groups excluding carboxylic acids is 2. The van der Waals surface area contributed by atoms with Crippen LogP contribution in [0.5, 0.6) is 0 Å². The van der Waals surface area contributed by atoms with E-state index in [1.165, 1.54) is 22.3 Å². The van der Waals surface area contributed by atoms with E-state index in [0.29, 0.717) is 23.6 Å². The normalized spacial score (nSPS) is 20.5. The highest BCUT2D eigenvalue weighted by Gasteiger charge is 2.37. The number of hydrogen-bond donors (Lipinski definition) is 1. The second kappa shape index (κ2) is 7.28. The quantitative estimate of drug-likeness (QED) is 0.894. The molecule has 2 amide bonds. The largest absolute Gasteiger partial charge is 0.374 e. The lowest BCUT2D eigenvalue weighted by molar-refractivity contribution is -0.132. The summed E-state index contributed by atoms with van der Waals surface area (Å²) in [5.74, 6) is -1.28. The molecule has 1 aromatic carbocycles. The molecule has 1 aromatic heterocycles. The highest BCUT2D eigenvalue weighted by molar-refractivity contribution is 7.09. The van der Waals surface area contributed by atoms with Crippen molar-refractivity contribution >= 4 is 23.2 Å². The molecule has 2 heterocycles. The number of carbonyl (C=O) groups is 2. The minimum atomic E-state index is -0.821. The number of amides is 2. The Kier molecular flexibility index (Phi) is 5.10. The molecular weight excluding hydrogens is 345 g/mol. The van der Waals surface area contributed by atoms with E-state index >= 15 is 0 Å². The minimum absolute atomic E-state index is 0.233. The Labute approximate surface area is 148 Å². The summed E-state index contributed by atoms with van der Waals surface area (Å²) in [5.41, 5.74) is 6.17. The molecular formula is C17H18FN3O3S. The second-order valence-corrected chi connectivity index (χ2v) is 6.76. The van der Waals surface area contributed by atoms with Crippen LogP contribution in [-0.4, -0.2) is 47.0 Å². The molecule has 25 heavy (non-hydrogen) atoms. The third kappa shape index (κ3) is 3.69. The third-order valence-electron chi connectivity index (χ3n) is 4.12. The lowest BCUT2D eigenvalue weighted by Gasteiger charge is -2.37. The molecule has 0 spiro atoms. The number of hydrogen-bond acceptors (Lipinski definition) is 5. The number of benzene rings is 1. The molecule has 1 saturated heterocycles. The van der Waals surface area contributed by atoms with E-state index < -0.39 is 18.1 Å². The van der Waals surface area contributed by atoms with Gasteiger partial charge in [0.1, 0.15) is 17.6 Å². The standard InChI is InChI=1S/C17H18FN3O3S/c1-10-15(16(19)22)21(6-7-24-10)17(23)13-9-25-14(20-13)8-11-4-2-3-5-12(11)18/h2-5,9-10,15H,6-8H2,1H3,(H2,19,22)/t10-,15+/m1/s1. The summed E-state index contributed by atoms with van der Waals surface area (Å²) in [6, 6.07) is 5.63. The number of aromatic nitrogens is 1. The van der Waals surface area contributed by atoms with Crippen molar-refractivity contribution in [3.05, 3.63) is 51.7 Å². The summed E-state index contributed by atoms with van der Waals surface area (Å²) in [7, 11) is 0. The van der Waals surface area contributed by atoms with Gasteiger partial charge in [-0.15, -0.1) is 11.3 Å². The fourth-order valence-electron chi connectivity index (χ4n) is 2.88. The van der Waals surface area contributed by atoms with E-state index in [4.69, 9.17) is 10.5 Å². The molecule has 3 rings (SSSR count). The fraction of sp³-hybridized carbons (Fsp3) is 0.353. The predicted molar refractivity (Wildman–Crippen MR) is 90.8 cm³/mol. The van der Waals surface area contributed by atoms with Crippen LogP contribution in [0, 0.1) is 5.82 Å². The van der Waals surface area contributed by atoms with Gasteiger partial charge in [0.25, 0.3) is 5.91 Å². The molecule has 2 atom stereocenters. The Bertz CT molecular complexity index is 795. The van der Waals surface area contributed by atoms with Crippen molar-refractivity contribution in [1.82, 2.24) is 9.88 Å². The van der Waals surface area contributed by atoms with Crippen LogP contribution in [0.15, 0.2) is 29.6 Å². The van der Waals surface area contributed by atoms with E-state index in [1.54, 1.807) is 30.5 Å². The maximum atomic E-state index is 13.8. The smallest absolute Gasteiger partial charge is 0.274 e. The maximum absolute atomic E-state index is 13.8. The number of nitrogens with zero attached hydrogens (tertiary/aromatic N) is 2. The number of halogens is 1. The molecule has 8 heteroatoms. The van der Waals surface area contributed by atoms with Crippen molar-refractivity contribution in [1.29, 1.82) is 0 Å². The van der Waals surface area contributed by atoms with Gasteiger partial charge in [-0.25, -0.2) is 9.37 Å². The van der Waals surface area contributed by atoms with Gasteiger partial charge in [-0.05, 0) is 18.6 Å². The van der Waals surface area contributed by atoms with Gasteiger partial charge in [0.05, 0.1) is 17.7 Å². The average Bonchev–Trinajstić information content (AvgIpc) is 3.04. The van der Waals surface area contributed by atoms with E-state index in [0.717, 1.165) is 0 Å². The Hall–Kier alpha value is -2.32. The first-order valence-electron chi connectivity index (χ1n) is 7.87. The molecule has 0 bridgehead atoms. The van der Waals surface area contributed by atoms with Gasteiger partial charge in [0.15, 0.2) is 0 Å². The maximum Gasteiger partial charge on any atom is 0.274 e. The predicted octanol–water partition coefficient (Wildman–Crippen LogP) is 1.59. The van der Waals surface area contributed by atoms with Crippen molar-refractivity contribution in [3.8, 4) is 0 Å². The zero-order valence-corrected chi connectivity index (χ0v) is 14.5. The third-order valence-corrected chi connectivity index (χ3v) is 4.96. The van der Waals surface area contributed by atoms with E-state index in [9.17, 15) is 14.0 Å². The number of thiazole rings is 1. The van der Waals surface area contributed by atoms with Crippen LogP contribution >= 0.6 is 11.3 Å². The Morgan fingerprint density at radius 1 is 1.44 bits per heavy atom. The SMILES string of the molecule is C[C@H]1OCCN(C(=O)c2csc(Cc3ccccc3F)n2)[C@@H]1C(N)=O. The van der Waals surface area contributed by atoms with Crippen molar-refractivity contribution in [3.63, 3.8) is 0 Å². The lowest BCUT2D eigenvalue weighted by atomic mass is 10.1. The molecule has 2 N–H and O–H groups in total. The van der Waals surface area contributed by atoms with Crippen LogP contribution in [0.1, 0.15) is 28.0 Å². The lowest BCUT2D eigenvalue weighted by Crippen LogP contribution is -2.58. The topological polar surface area (TPSA) is 85.5 Å². The van der Waals surface area contributed by atoms with Gasteiger partial charge in [-0.1, -0.05) is 18.2 Å². The molecule has 132 valence electrons. The molecule has 1 aliphatic rings.